The number of aliphatic hydroxyl groups is 2. The second kappa shape index (κ2) is 9.11. The predicted octanol–water partition coefficient (Wildman–Crippen LogP) is 1.06. The molecule has 14 heteroatoms. The van der Waals surface area contributed by atoms with E-state index >= 15 is 0 Å². The molecule has 1 aliphatic heterocycles. The quantitative estimate of drug-likeness (QED) is 0.182. The highest BCUT2D eigenvalue weighted by Gasteiger charge is 2.56. The van der Waals surface area contributed by atoms with Gasteiger partial charge in [-0.1, -0.05) is 23.3 Å². The topological polar surface area (TPSA) is 198 Å². The summed E-state index contributed by atoms with van der Waals surface area (Å²) < 4.78 is 20.6. The smallest absolute Gasteiger partial charge is 0.351 e. The average molecular weight is 473 g/mol. The van der Waals surface area contributed by atoms with Gasteiger partial charge in [0.25, 0.3) is 0 Å². The molecule has 5 atom stereocenters. The molecule has 34 heavy (non-hydrogen) atoms. The van der Waals surface area contributed by atoms with Crippen LogP contribution in [-0.4, -0.2) is 66.5 Å². The van der Waals surface area contributed by atoms with E-state index in [1.807, 2.05) is 30.3 Å². The molecule has 4 rings (SSSR count). The highest BCUT2D eigenvalue weighted by Crippen LogP contribution is 2.39. The number of anilines is 1. The largest absolute Gasteiger partial charge is 0.480 e. The van der Waals surface area contributed by atoms with Crippen molar-refractivity contribution < 1.29 is 29.2 Å². The number of benzene rings is 1. The van der Waals surface area contributed by atoms with Crippen molar-refractivity contribution in [1.82, 2.24) is 14.5 Å². The molecule has 0 radical (unpaired) electrons. The summed E-state index contributed by atoms with van der Waals surface area (Å²) in [7, 11) is 0. The van der Waals surface area contributed by atoms with Crippen LogP contribution in [0, 0.1) is 0 Å². The van der Waals surface area contributed by atoms with E-state index in [2.05, 4.69) is 25.3 Å². The Kier molecular flexibility index (Phi) is 6.22. The van der Waals surface area contributed by atoms with Gasteiger partial charge in [0.2, 0.25) is 5.72 Å². The molecule has 3 heterocycles. The summed E-state index contributed by atoms with van der Waals surface area (Å²) >= 11 is 0. The van der Waals surface area contributed by atoms with Gasteiger partial charge in [-0.3, -0.25) is 4.57 Å². The van der Waals surface area contributed by atoms with Crippen LogP contribution in [0.25, 0.3) is 21.3 Å². The maximum atomic E-state index is 14.6. The number of para-hydroxylation sites is 1. The number of azide groups is 1. The number of carboxylic acid groups (broad SMARTS) is 1. The van der Waals surface area contributed by atoms with Crippen molar-refractivity contribution >= 4 is 22.7 Å². The molecule has 1 aromatic carbocycles. The number of nitrogens with one attached hydrogen (secondary N) is 2. The number of rotatable bonds is 8. The van der Waals surface area contributed by atoms with Gasteiger partial charge in [-0.25, -0.2) is 14.0 Å². The third-order valence-corrected chi connectivity index (χ3v) is 5.54. The van der Waals surface area contributed by atoms with Crippen molar-refractivity contribution in [3.8, 4) is 0 Å². The molecule has 1 aliphatic rings. The van der Waals surface area contributed by atoms with Crippen LogP contribution in [0.5, 0.6) is 0 Å². The molecule has 1 fully saturated rings. The Morgan fingerprint density at radius 2 is 2.21 bits per heavy atom. The normalized spacial score (nSPS) is 25.1. The molecule has 1 unspecified atom stereocenters. The minimum absolute atomic E-state index is 0.0600. The third kappa shape index (κ3) is 4.18. The molecule has 178 valence electrons. The van der Waals surface area contributed by atoms with E-state index < -0.39 is 48.5 Å². The number of hydrogen-bond donors (Lipinski definition) is 5. The summed E-state index contributed by atoms with van der Waals surface area (Å²) in [5.74, 6) is -1.26. The SMILES string of the molecule is [N-]=[N+]=N[C@]1(CO)O[C@@H](n2ccc(N[C@@H](Cc3cc4ccccc4[nH]3)C(=O)O)nc2=O)[C@@H](F)C1O. The van der Waals surface area contributed by atoms with Crippen molar-refractivity contribution in [1.29, 1.82) is 0 Å². The maximum Gasteiger partial charge on any atom is 0.351 e. The Morgan fingerprint density at radius 3 is 2.85 bits per heavy atom. The van der Waals surface area contributed by atoms with Crippen molar-refractivity contribution in [2.24, 2.45) is 5.11 Å². The number of carboxylic acids is 1. The summed E-state index contributed by atoms with van der Waals surface area (Å²) in [4.78, 5) is 33.6. The van der Waals surface area contributed by atoms with Crippen molar-refractivity contribution in [2.45, 2.75) is 36.7 Å². The summed E-state index contributed by atoms with van der Waals surface area (Å²) in [5.41, 5.74) is 6.83. The molecule has 1 saturated heterocycles. The molecule has 13 nitrogen and oxygen atoms in total. The van der Waals surface area contributed by atoms with E-state index in [9.17, 15) is 29.3 Å². The first kappa shape index (κ1) is 23.2. The van der Waals surface area contributed by atoms with E-state index in [1.165, 1.54) is 6.07 Å². The molecule has 0 amide bonds. The Hall–Kier alpha value is -3.97. The predicted molar refractivity (Wildman–Crippen MR) is 116 cm³/mol. The number of halogens is 1. The van der Waals surface area contributed by atoms with Crippen LogP contribution in [0.1, 0.15) is 11.9 Å². The van der Waals surface area contributed by atoms with Crippen LogP contribution in [0.3, 0.4) is 0 Å². The monoisotopic (exact) mass is 473 g/mol. The number of nitrogens with zero attached hydrogens (tertiary/aromatic N) is 5. The Labute approximate surface area is 190 Å². The Morgan fingerprint density at radius 1 is 1.44 bits per heavy atom. The molecule has 5 N–H and O–H groups in total. The zero-order valence-corrected chi connectivity index (χ0v) is 17.4. The standard InChI is InChI=1S/C20H20FN7O6/c21-15-16(30)20(9-29,26-27-22)34-17(15)28-6-5-14(25-19(28)33)24-13(18(31)32)8-11-7-10-3-1-2-4-12(10)23-11/h1-7,13,15-17,23,29-30H,8-9H2,(H,31,32)(H,24,25,33)/t13-,15-,16?,17+,20+/m0/s1. The number of hydrogen-bond acceptors (Lipinski definition) is 8. The first-order valence-corrected chi connectivity index (χ1v) is 10.1. The van der Waals surface area contributed by atoms with Crippen molar-refractivity contribution in [2.75, 3.05) is 11.9 Å². The van der Waals surface area contributed by atoms with Gasteiger partial charge in [-0.15, -0.1) is 0 Å². The summed E-state index contributed by atoms with van der Waals surface area (Å²) in [6.45, 7) is -1.02. The van der Waals surface area contributed by atoms with Crippen LogP contribution >= 0.6 is 0 Å². The number of fused-ring (bicyclic) bond motifs is 1. The lowest BCUT2D eigenvalue weighted by atomic mass is 10.1. The Bertz CT molecular complexity index is 1290. The highest BCUT2D eigenvalue weighted by atomic mass is 19.1. The van der Waals surface area contributed by atoms with E-state index in [4.69, 9.17) is 10.3 Å². The summed E-state index contributed by atoms with van der Waals surface area (Å²) in [6.07, 6.45) is -4.83. The van der Waals surface area contributed by atoms with Gasteiger partial charge in [0.05, 0.1) is 6.61 Å². The van der Waals surface area contributed by atoms with Gasteiger partial charge in [-0.05, 0) is 29.1 Å². The first-order valence-electron chi connectivity index (χ1n) is 10.1. The van der Waals surface area contributed by atoms with Crippen LogP contribution < -0.4 is 11.0 Å². The molecule has 0 spiro atoms. The third-order valence-electron chi connectivity index (χ3n) is 5.54. The second-order valence-corrected chi connectivity index (χ2v) is 7.71. The van der Waals surface area contributed by atoms with Crippen molar-refractivity contribution in [3.05, 3.63) is 69.2 Å². The van der Waals surface area contributed by atoms with Gasteiger partial charge in [0, 0.05) is 28.7 Å². The van der Waals surface area contributed by atoms with Crippen LogP contribution in [0.4, 0.5) is 10.2 Å². The maximum absolute atomic E-state index is 14.6. The molecular formula is C20H20FN7O6. The highest BCUT2D eigenvalue weighted by molar-refractivity contribution is 5.81. The van der Waals surface area contributed by atoms with Crippen LogP contribution in [-0.2, 0) is 16.0 Å². The molecular weight excluding hydrogens is 453 g/mol. The number of carbonyl (C=O) groups is 1. The average Bonchev–Trinajstić information content (AvgIpc) is 3.33. The van der Waals surface area contributed by atoms with E-state index in [0.717, 1.165) is 17.1 Å². The minimum Gasteiger partial charge on any atom is -0.480 e. The lowest BCUT2D eigenvalue weighted by Crippen LogP contribution is -2.43. The summed E-state index contributed by atoms with van der Waals surface area (Å²) in [5, 5.41) is 35.8. The second-order valence-electron chi connectivity index (χ2n) is 7.71. The number of H-pyrrole nitrogens is 1. The van der Waals surface area contributed by atoms with Crippen LogP contribution in [0.15, 0.2) is 52.5 Å². The molecule has 0 aliphatic carbocycles. The molecule has 3 aromatic rings. The number of alkyl halides is 1. The fourth-order valence-electron chi connectivity index (χ4n) is 3.81. The van der Waals surface area contributed by atoms with Gasteiger partial charge in [0.1, 0.15) is 18.0 Å². The number of aromatic nitrogens is 3. The molecule has 2 aromatic heterocycles. The fourth-order valence-corrected chi connectivity index (χ4v) is 3.81. The lowest BCUT2D eigenvalue weighted by Gasteiger charge is -2.23. The van der Waals surface area contributed by atoms with Gasteiger partial charge in [0.15, 0.2) is 12.4 Å². The fraction of sp³-hybridized carbons (Fsp3) is 0.350. The molecule has 0 bridgehead atoms. The van der Waals surface area contributed by atoms with Crippen LogP contribution in [0.2, 0.25) is 0 Å². The number of aliphatic carboxylic acids is 1. The van der Waals surface area contributed by atoms with Gasteiger partial charge < -0.3 is 30.4 Å². The number of ether oxygens (including phenoxy) is 1. The number of aliphatic hydroxyl groups excluding tert-OH is 2. The first-order chi connectivity index (χ1) is 16.3. The Balaban J connectivity index is 1.54. The van der Waals surface area contributed by atoms with Crippen molar-refractivity contribution in [3.63, 3.8) is 0 Å². The van der Waals surface area contributed by atoms with E-state index in [-0.39, 0.29) is 12.2 Å². The van der Waals surface area contributed by atoms with E-state index in [0.29, 0.717) is 10.3 Å². The van der Waals surface area contributed by atoms with Gasteiger partial charge >= 0.3 is 11.7 Å². The van der Waals surface area contributed by atoms with E-state index in [1.54, 1.807) is 0 Å². The number of aromatic amines is 1. The summed E-state index contributed by atoms with van der Waals surface area (Å²) in [6, 6.07) is 9.36. The zero-order chi connectivity index (χ0) is 24.5. The lowest BCUT2D eigenvalue weighted by molar-refractivity contribution is -0.137. The zero-order valence-electron chi connectivity index (χ0n) is 17.4. The van der Waals surface area contributed by atoms with Gasteiger partial charge in [-0.2, -0.15) is 4.98 Å². The minimum atomic E-state index is -2.30. The molecule has 0 saturated carbocycles.